The van der Waals surface area contributed by atoms with Crippen LogP contribution in [0.5, 0.6) is 0 Å². The van der Waals surface area contributed by atoms with Crippen molar-refractivity contribution in [1.82, 2.24) is 9.88 Å². The van der Waals surface area contributed by atoms with Gasteiger partial charge < -0.3 is 4.90 Å². The lowest BCUT2D eigenvalue weighted by atomic mass is 10.1. The maximum atomic E-state index is 11.9. The molecule has 98 valence electrons. The smallest absolute Gasteiger partial charge is 0.227 e. The minimum Gasteiger partial charge on any atom is -0.340 e. The predicted octanol–water partition coefficient (Wildman–Crippen LogP) is 0.270. The Hall–Kier alpha value is -1.43. The minimum absolute atomic E-state index is 0.0365. The highest BCUT2D eigenvalue weighted by atomic mass is 32.2. The van der Waals surface area contributed by atoms with Gasteiger partial charge in [-0.15, -0.1) is 0 Å². The first kappa shape index (κ1) is 13.0. The molecule has 0 N–H and O–H groups in total. The Balaban J connectivity index is 1.88. The summed E-state index contributed by atoms with van der Waals surface area (Å²) < 4.78 is 23.1. The second kappa shape index (κ2) is 5.06. The van der Waals surface area contributed by atoms with Gasteiger partial charge in [0.15, 0.2) is 9.84 Å². The van der Waals surface area contributed by atoms with Crippen LogP contribution >= 0.6 is 0 Å². The normalized spacial score (nSPS) is 16.4. The van der Waals surface area contributed by atoms with Crippen LogP contribution in [-0.4, -0.2) is 48.3 Å². The van der Waals surface area contributed by atoms with Crippen LogP contribution in [0.4, 0.5) is 0 Å². The van der Waals surface area contributed by atoms with Gasteiger partial charge >= 0.3 is 0 Å². The topological polar surface area (TPSA) is 67.3 Å². The van der Waals surface area contributed by atoms with Crippen LogP contribution in [-0.2, 0) is 21.1 Å². The van der Waals surface area contributed by atoms with Crippen LogP contribution in [0.25, 0.3) is 0 Å². The average molecular weight is 268 g/mol. The molecule has 2 heterocycles. The summed E-state index contributed by atoms with van der Waals surface area (Å²) in [5.74, 6) is 0.105. The SMILES string of the molecule is CCS(=O)(=O)C1CN(C(=O)Cc2cccnc2)C1. The molecule has 1 aliphatic rings. The van der Waals surface area contributed by atoms with Crippen LogP contribution in [0.2, 0.25) is 0 Å². The number of hydrogen-bond donors (Lipinski definition) is 0. The molecule has 0 atom stereocenters. The Kier molecular flexibility index (Phi) is 3.65. The molecular formula is C12H16N2O3S. The van der Waals surface area contributed by atoms with Gasteiger partial charge in [0.25, 0.3) is 0 Å². The van der Waals surface area contributed by atoms with Gasteiger partial charge in [0.05, 0.1) is 11.7 Å². The second-order valence-corrected chi connectivity index (χ2v) is 6.98. The van der Waals surface area contributed by atoms with Gasteiger partial charge in [-0.25, -0.2) is 8.42 Å². The molecule has 1 saturated heterocycles. The van der Waals surface area contributed by atoms with E-state index in [-0.39, 0.29) is 23.3 Å². The molecule has 5 nitrogen and oxygen atoms in total. The summed E-state index contributed by atoms with van der Waals surface area (Å²) in [7, 11) is -3.01. The number of likely N-dealkylation sites (tertiary alicyclic amines) is 1. The molecule has 2 rings (SSSR count). The Morgan fingerprint density at radius 3 is 2.78 bits per heavy atom. The van der Waals surface area contributed by atoms with Gasteiger partial charge in [-0.2, -0.15) is 0 Å². The zero-order valence-electron chi connectivity index (χ0n) is 10.2. The average Bonchev–Trinajstić information content (AvgIpc) is 2.28. The lowest BCUT2D eigenvalue weighted by Crippen LogP contribution is -2.57. The van der Waals surface area contributed by atoms with Gasteiger partial charge in [0.1, 0.15) is 0 Å². The van der Waals surface area contributed by atoms with Gasteiger partial charge in [-0.05, 0) is 11.6 Å². The number of aromatic nitrogens is 1. The summed E-state index contributed by atoms with van der Waals surface area (Å²) in [6.45, 7) is 2.29. The predicted molar refractivity (Wildman–Crippen MR) is 67.8 cm³/mol. The van der Waals surface area contributed by atoms with Gasteiger partial charge in [0, 0.05) is 31.2 Å². The fourth-order valence-corrected chi connectivity index (χ4v) is 3.18. The lowest BCUT2D eigenvalue weighted by molar-refractivity contribution is -0.133. The maximum absolute atomic E-state index is 11.9. The molecule has 6 heteroatoms. The highest BCUT2D eigenvalue weighted by Crippen LogP contribution is 2.18. The van der Waals surface area contributed by atoms with Crippen molar-refractivity contribution < 1.29 is 13.2 Å². The van der Waals surface area contributed by atoms with E-state index >= 15 is 0 Å². The lowest BCUT2D eigenvalue weighted by Gasteiger charge is -2.38. The molecule has 18 heavy (non-hydrogen) atoms. The van der Waals surface area contributed by atoms with E-state index in [0.717, 1.165) is 5.56 Å². The van der Waals surface area contributed by atoms with Gasteiger partial charge in [0.2, 0.25) is 5.91 Å². The fraction of sp³-hybridized carbons (Fsp3) is 0.500. The highest BCUT2D eigenvalue weighted by Gasteiger charge is 2.38. The summed E-state index contributed by atoms with van der Waals surface area (Å²) in [4.78, 5) is 17.4. The minimum atomic E-state index is -3.01. The van der Waals surface area contributed by atoms with Crippen molar-refractivity contribution in [2.45, 2.75) is 18.6 Å². The third kappa shape index (κ3) is 2.69. The number of pyridine rings is 1. The van der Waals surface area contributed by atoms with E-state index in [1.165, 1.54) is 0 Å². The Bertz CT molecular complexity index is 522. The number of carbonyl (C=O) groups excluding carboxylic acids is 1. The molecule has 1 fully saturated rings. The third-order valence-corrected chi connectivity index (χ3v) is 5.31. The van der Waals surface area contributed by atoms with Crippen molar-refractivity contribution in [3.05, 3.63) is 30.1 Å². The monoisotopic (exact) mass is 268 g/mol. The molecule has 0 spiro atoms. The largest absolute Gasteiger partial charge is 0.340 e. The third-order valence-electron chi connectivity index (χ3n) is 3.19. The van der Waals surface area contributed by atoms with Crippen molar-refractivity contribution in [2.24, 2.45) is 0 Å². The first-order valence-electron chi connectivity index (χ1n) is 5.91. The molecule has 0 aromatic carbocycles. The Morgan fingerprint density at radius 2 is 2.22 bits per heavy atom. The molecule has 0 bridgehead atoms. The maximum Gasteiger partial charge on any atom is 0.227 e. The summed E-state index contributed by atoms with van der Waals surface area (Å²) in [6, 6.07) is 3.62. The van der Waals surface area contributed by atoms with Crippen LogP contribution in [0.15, 0.2) is 24.5 Å². The number of nitrogens with zero attached hydrogens (tertiary/aromatic N) is 2. The molecule has 0 aliphatic carbocycles. The van der Waals surface area contributed by atoms with Gasteiger partial charge in [-0.1, -0.05) is 13.0 Å². The molecule has 1 aromatic rings. The Labute approximate surface area is 107 Å². The van der Waals surface area contributed by atoms with E-state index in [4.69, 9.17) is 0 Å². The van der Waals surface area contributed by atoms with Crippen molar-refractivity contribution in [1.29, 1.82) is 0 Å². The molecule has 0 radical (unpaired) electrons. The highest BCUT2D eigenvalue weighted by molar-refractivity contribution is 7.92. The molecule has 1 aliphatic heterocycles. The van der Waals surface area contributed by atoms with Crippen molar-refractivity contribution in [3.63, 3.8) is 0 Å². The molecule has 0 unspecified atom stereocenters. The Morgan fingerprint density at radius 1 is 1.50 bits per heavy atom. The molecule has 1 aromatic heterocycles. The summed E-state index contributed by atoms with van der Waals surface area (Å²) in [5, 5.41) is -0.375. The quantitative estimate of drug-likeness (QED) is 0.786. The zero-order chi connectivity index (χ0) is 13.2. The van der Waals surface area contributed by atoms with E-state index in [1.54, 1.807) is 30.3 Å². The van der Waals surface area contributed by atoms with Crippen LogP contribution in [0, 0.1) is 0 Å². The second-order valence-electron chi connectivity index (χ2n) is 4.41. The fourth-order valence-electron chi connectivity index (χ4n) is 1.89. The number of carbonyl (C=O) groups is 1. The first-order chi connectivity index (χ1) is 8.53. The number of hydrogen-bond acceptors (Lipinski definition) is 4. The summed E-state index contributed by atoms with van der Waals surface area (Å²) >= 11 is 0. The van der Waals surface area contributed by atoms with E-state index in [9.17, 15) is 13.2 Å². The van der Waals surface area contributed by atoms with E-state index in [1.807, 2.05) is 6.07 Å². The summed E-state index contributed by atoms with van der Waals surface area (Å²) in [5.41, 5.74) is 0.851. The van der Waals surface area contributed by atoms with Crippen molar-refractivity contribution in [3.8, 4) is 0 Å². The van der Waals surface area contributed by atoms with E-state index < -0.39 is 9.84 Å². The summed E-state index contributed by atoms with van der Waals surface area (Å²) in [6.07, 6.45) is 3.59. The van der Waals surface area contributed by atoms with E-state index in [2.05, 4.69) is 4.98 Å². The van der Waals surface area contributed by atoms with Crippen LogP contribution in [0.3, 0.4) is 0 Å². The first-order valence-corrected chi connectivity index (χ1v) is 7.62. The van der Waals surface area contributed by atoms with E-state index in [0.29, 0.717) is 13.1 Å². The number of rotatable bonds is 4. The van der Waals surface area contributed by atoms with Crippen LogP contribution in [0.1, 0.15) is 12.5 Å². The van der Waals surface area contributed by atoms with Crippen molar-refractivity contribution in [2.75, 3.05) is 18.8 Å². The molecular weight excluding hydrogens is 252 g/mol. The standard InChI is InChI=1S/C12H16N2O3S/c1-2-18(16,17)11-8-14(9-11)12(15)6-10-4-3-5-13-7-10/h3-5,7,11H,2,6,8-9H2,1H3. The zero-order valence-corrected chi connectivity index (χ0v) is 11.1. The number of sulfone groups is 1. The molecule has 0 saturated carbocycles. The van der Waals surface area contributed by atoms with Gasteiger partial charge in [-0.3, -0.25) is 9.78 Å². The van der Waals surface area contributed by atoms with Crippen molar-refractivity contribution >= 4 is 15.7 Å². The van der Waals surface area contributed by atoms with Crippen LogP contribution < -0.4 is 0 Å². The molecule has 1 amide bonds. The number of amides is 1.